The molecule has 2 aliphatic heterocycles. The van der Waals surface area contributed by atoms with Crippen molar-refractivity contribution in [2.24, 2.45) is 0 Å². The fourth-order valence-electron chi connectivity index (χ4n) is 3.86. The van der Waals surface area contributed by atoms with Crippen molar-refractivity contribution in [2.75, 3.05) is 23.8 Å². The second-order valence-corrected chi connectivity index (χ2v) is 7.74. The molecule has 0 spiro atoms. The van der Waals surface area contributed by atoms with Gasteiger partial charge in [0.15, 0.2) is 0 Å². The molecule has 0 aliphatic carbocycles. The molecule has 2 saturated heterocycles. The molecule has 0 aromatic heterocycles. The van der Waals surface area contributed by atoms with Crippen molar-refractivity contribution >= 4 is 11.4 Å². The molecule has 8 heteroatoms. The third-order valence-corrected chi connectivity index (χ3v) is 5.57. The average Bonchev–Trinajstić information content (AvgIpc) is 3.30. The van der Waals surface area contributed by atoms with E-state index in [-0.39, 0.29) is 25.7 Å². The summed E-state index contributed by atoms with van der Waals surface area (Å²) in [4.78, 5) is 0. The van der Waals surface area contributed by atoms with Crippen LogP contribution in [0, 0.1) is 0 Å². The molecule has 0 amide bonds. The van der Waals surface area contributed by atoms with E-state index in [0.29, 0.717) is 12.8 Å². The highest BCUT2D eigenvalue weighted by molar-refractivity contribution is 5.68. The van der Waals surface area contributed by atoms with Gasteiger partial charge in [-0.3, -0.25) is 0 Å². The Morgan fingerprint density at radius 1 is 0.667 bits per heavy atom. The third-order valence-electron chi connectivity index (χ3n) is 5.57. The normalized spacial score (nSPS) is 31.1. The van der Waals surface area contributed by atoms with E-state index >= 15 is 0 Å². The first-order valence-electron chi connectivity index (χ1n) is 10.2. The van der Waals surface area contributed by atoms with E-state index in [1.807, 2.05) is 48.5 Å². The van der Waals surface area contributed by atoms with E-state index in [9.17, 15) is 20.4 Å². The van der Waals surface area contributed by atoms with Crippen LogP contribution >= 0.6 is 0 Å². The van der Waals surface area contributed by atoms with Crippen LogP contribution in [-0.4, -0.2) is 70.5 Å². The summed E-state index contributed by atoms with van der Waals surface area (Å²) in [5.41, 5.74) is 3.87. The number of ether oxygens (including phenoxy) is 2. The molecule has 2 fully saturated rings. The van der Waals surface area contributed by atoms with Crippen LogP contribution in [0.5, 0.6) is 0 Å². The Morgan fingerprint density at radius 3 is 1.33 bits per heavy atom. The summed E-state index contributed by atoms with van der Waals surface area (Å²) >= 11 is 0. The molecule has 6 atom stereocenters. The Morgan fingerprint density at radius 2 is 1.03 bits per heavy atom. The Kier molecular flexibility index (Phi) is 6.52. The van der Waals surface area contributed by atoms with Crippen LogP contribution < -0.4 is 10.6 Å². The summed E-state index contributed by atoms with van der Waals surface area (Å²) in [7, 11) is 0. The van der Waals surface area contributed by atoms with E-state index in [4.69, 9.17) is 9.47 Å². The largest absolute Gasteiger partial charge is 0.394 e. The highest BCUT2D eigenvalue weighted by Crippen LogP contribution is 2.27. The van der Waals surface area contributed by atoms with Crippen molar-refractivity contribution in [3.63, 3.8) is 0 Å². The molecule has 2 heterocycles. The minimum atomic E-state index is -0.661. The molecule has 4 rings (SSSR count). The summed E-state index contributed by atoms with van der Waals surface area (Å²) in [6, 6.07) is 15.8. The number of hydrogen-bond donors (Lipinski definition) is 6. The maximum absolute atomic E-state index is 9.82. The zero-order chi connectivity index (χ0) is 21.1. The van der Waals surface area contributed by atoms with E-state index in [0.717, 1.165) is 22.5 Å². The first-order valence-corrected chi connectivity index (χ1v) is 10.2. The predicted octanol–water partition coefficient (Wildman–Crippen LogP) is 1.11. The van der Waals surface area contributed by atoms with Crippen LogP contribution in [0.15, 0.2) is 48.5 Å². The minimum absolute atomic E-state index is 0.196. The van der Waals surface area contributed by atoms with Crippen molar-refractivity contribution < 1.29 is 29.9 Å². The molecule has 2 aliphatic rings. The fraction of sp³-hybridized carbons (Fsp3) is 0.455. The second-order valence-electron chi connectivity index (χ2n) is 7.74. The first-order chi connectivity index (χ1) is 14.6. The summed E-state index contributed by atoms with van der Waals surface area (Å²) in [5, 5.41) is 44.4. The highest BCUT2D eigenvalue weighted by atomic mass is 16.5. The number of hydrogen-bond acceptors (Lipinski definition) is 8. The van der Waals surface area contributed by atoms with E-state index in [2.05, 4.69) is 10.6 Å². The molecule has 8 nitrogen and oxygen atoms in total. The number of aliphatic hydroxyl groups is 4. The molecule has 162 valence electrons. The maximum atomic E-state index is 9.82. The minimum Gasteiger partial charge on any atom is -0.394 e. The fourth-order valence-corrected chi connectivity index (χ4v) is 3.86. The van der Waals surface area contributed by atoms with Crippen LogP contribution in [0.2, 0.25) is 0 Å². The Labute approximate surface area is 175 Å². The van der Waals surface area contributed by atoms with Crippen molar-refractivity contribution in [3.8, 4) is 11.1 Å². The monoisotopic (exact) mass is 416 g/mol. The quantitative estimate of drug-likeness (QED) is 0.397. The topological polar surface area (TPSA) is 123 Å². The van der Waals surface area contributed by atoms with E-state index in [1.165, 1.54) is 0 Å². The lowest BCUT2D eigenvalue weighted by molar-refractivity contribution is -0.0149. The molecular formula is C22H28N2O6. The van der Waals surface area contributed by atoms with Gasteiger partial charge in [0, 0.05) is 24.2 Å². The molecule has 0 bridgehead atoms. The lowest BCUT2D eigenvalue weighted by Crippen LogP contribution is -2.25. The molecular weight excluding hydrogens is 388 g/mol. The summed E-state index contributed by atoms with van der Waals surface area (Å²) in [6.45, 7) is -0.392. The Hall–Kier alpha value is -2.20. The number of benzene rings is 2. The van der Waals surface area contributed by atoms with Gasteiger partial charge in [-0.05, 0) is 35.4 Å². The molecule has 0 radical (unpaired) electrons. The number of nitrogens with one attached hydrogen (secondary N) is 2. The summed E-state index contributed by atoms with van der Waals surface area (Å²) in [6.07, 6.45) is -2.18. The third kappa shape index (κ3) is 4.75. The number of rotatable bonds is 7. The van der Waals surface area contributed by atoms with Gasteiger partial charge in [0.05, 0.1) is 25.4 Å². The zero-order valence-electron chi connectivity index (χ0n) is 16.5. The van der Waals surface area contributed by atoms with Crippen LogP contribution in [0.3, 0.4) is 0 Å². The standard InChI is InChI=1S/C22H28N2O6/c25-11-19-17(27)9-21(29-19)23-15-5-1-13(2-6-15)14-3-7-16(8-4-14)24-22-10-18(28)20(12-26)30-22/h1-8,17-28H,9-12H2/t17-,18+,19-,20+,21-,22-/m0/s1. The van der Waals surface area contributed by atoms with Gasteiger partial charge in [0.25, 0.3) is 0 Å². The molecule has 0 unspecified atom stereocenters. The molecule has 6 N–H and O–H groups in total. The van der Waals surface area contributed by atoms with Gasteiger partial charge in [0.2, 0.25) is 0 Å². The molecule has 2 aromatic carbocycles. The van der Waals surface area contributed by atoms with Gasteiger partial charge in [-0.25, -0.2) is 0 Å². The van der Waals surface area contributed by atoms with Crippen LogP contribution in [-0.2, 0) is 9.47 Å². The van der Waals surface area contributed by atoms with Crippen molar-refractivity contribution in [1.29, 1.82) is 0 Å². The van der Waals surface area contributed by atoms with Crippen LogP contribution in [0.1, 0.15) is 12.8 Å². The summed E-state index contributed by atoms with van der Waals surface area (Å²) < 4.78 is 11.1. The summed E-state index contributed by atoms with van der Waals surface area (Å²) in [5.74, 6) is 0. The Bertz CT molecular complexity index is 746. The smallest absolute Gasteiger partial charge is 0.130 e. The van der Waals surface area contributed by atoms with Gasteiger partial charge < -0.3 is 40.5 Å². The SMILES string of the molecule is OC[C@@H]1O[C@H](Nc2ccc(-c3ccc(N[C@@H]4C[C@@H](O)[C@@H](CO)O4)cc3)cc2)C[C@@H]1O. The molecule has 0 saturated carbocycles. The van der Waals surface area contributed by atoms with Gasteiger partial charge in [0.1, 0.15) is 24.7 Å². The molecule has 2 aromatic rings. The van der Waals surface area contributed by atoms with E-state index in [1.54, 1.807) is 0 Å². The second kappa shape index (κ2) is 9.30. The maximum Gasteiger partial charge on any atom is 0.130 e. The number of aliphatic hydroxyl groups excluding tert-OH is 4. The number of anilines is 2. The van der Waals surface area contributed by atoms with Crippen LogP contribution in [0.25, 0.3) is 11.1 Å². The van der Waals surface area contributed by atoms with E-state index < -0.39 is 24.4 Å². The van der Waals surface area contributed by atoms with Crippen molar-refractivity contribution in [3.05, 3.63) is 48.5 Å². The van der Waals surface area contributed by atoms with Crippen molar-refractivity contribution in [1.82, 2.24) is 0 Å². The highest BCUT2D eigenvalue weighted by Gasteiger charge is 2.34. The zero-order valence-corrected chi connectivity index (χ0v) is 16.5. The van der Waals surface area contributed by atoms with Gasteiger partial charge in [-0.1, -0.05) is 24.3 Å². The Balaban J connectivity index is 1.33. The van der Waals surface area contributed by atoms with Gasteiger partial charge >= 0.3 is 0 Å². The lowest BCUT2D eigenvalue weighted by atomic mass is 10.0. The first kappa shape index (κ1) is 21.0. The van der Waals surface area contributed by atoms with Gasteiger partial charge in [-0.2, -0.15) is 0 Å². The predicted molar refractivity (Wildman–Crippen MR) is 112 cm³/mol. The lowest BCUT2D eigenvalue weighted by Gasteiger charge is -2.16. The van der Waals surface area contributed by atoms with Crippen LogP contribution in [0.4, 0.5) is 11.4 Å². The molecule has 30 heavy (non-hydrogen) atoms. The van der Waals surface area contributed by atoms with Gasteiger partial charge in [-0.15, -0.1) is 0 Å². The van der Waals surface area contributed by atoms with Crippen molar-refractivity contribution in [2.45, 2.75) is 49.7 Å². The average molecular weight is 416 g/mol.